The lowest BCUT2D eigenvalue weighted by Crippen LogP contribution is -2.29. The number of aldehydes is 1. The fourth-order valence-electron chi connectivity index (χ4n) is 3.47. The zero-order chi connectivity index (χ0) is 24.0. The Balaban J connectivity index is 1.84. The molecule has 0 aliphatic heterocycles. The Morgan fingerprint density at radius 3 is 2.58 bits per heavy atom. The smallest absolute Gasteiger partial charge is 0.238 e. The van der Waals surface area contributed by atoms with Gasteiger partial charge in [0, 0.05) is 26.2 Å². The minimum Gasteiger partial charge on any atom is -0.483 e. The van der Waals surface area contributed by atoms with E-state index in [1.54, 1.807) is 16.7 Å². The first-order valence-electron chi connectivity index (χ1n) is 10.2. The first-order chi connectivity index (χ1) is 15.8. The number of likely N-dealkylation sites (N-methyl/N-ethyl adjacent to an activating group) is 1. The van der Waals surface area contributed by atoms with Crippen LogP contribution >= 0.6 is 27.5 Å². The molecule has 0 bridgehead atoms. The van der Waals surface area contributed by atoms with Crippen molar-refractivity contribution in [2.75, 3.05) is 13.6 Å². The van der Waals surface area contributed by atoms with E-state index in [1.165, 1.54) is 6.07 Å². The van der Waals surface area contributed by atoms with Crippen molar-refractivity contribution < 1.29 is 13.9 Å². The first kappa shape index (κ1) is 25.1. The SMILES string of the molecule is CN(CCn1c(C=O)c(OCc2ccccc2)c(=O)c(Br)c1CN)Cc1ccc(F)c(Cl)c1. The van der Waals surface area contributed by atoms with Gasteiger partial charge in [-0.25, -0.2) is 4.39 Å². The number of hydrogen-bond acceptors (Lipinski definition) is 5. The number of halogens is 3. The molecule has 9 heteroatoms. The van der Waals surface area contributed by atoms with Crippen molar-refractivity contribution in [2.45, 2.75) is 26.2 Å². The molecule has 33 heavy (non-hydrogen) atoms. The molecule has 0 unspecified atom stereocenters. The van der Waals surface area contributed by atoms with Gasteiger partial charge >= 0.3 is 0 Å². The van der Waals surface area contributed by atoms with E-state index in [2.05, 4.69) is 15.9 Å². The number of ether oxygens (including phenoxy) is 1. The molecule has 2 N–H and O–H groups in total. The Morgan fingerprint density at radius 2 is 1.94 bits per heavy atom. The van der Waals surface area contributed by atoms with Gasteiger partial charge in [-0.15, -0.1) is 0 Å². The van der Waals surface area contributed by atoms with E-state index < -0.39 is 11.2 Å². The van der Waals surface area contributed by atoms with E-state index in [9.17, 15) is 14.0 Å². The standard InChI is InChI=1S/C24H24BrClFN3O3/c1-29(13-17-7-8-19(27)18(26)11-17)9-10-30-20(12-28)22(25)23(32)24(21(30)14-31)33-15-16-5-3-2-4-6-16/h2-8,11,14H,9-10,12-13,15,28H2,1H3. The molecule has 0 fully saturated rings. The van der Waals surface area contributed by atoms with Crippen LogP contribution in [0.25, 0.3) is 0 Å². The van der Waals surface area contributed by atoms with E-state index in [0.717, 1.165) is 11.1 Å². The molecule has 0 aliphatic carbocycles. The van der Waals surface area contributed by atoms with E-state index >= 15 is 0 Å². The summed E-state index contributed by atoms with van der Waals surface area (Å²) in [5.41, 5.74) is 7.86. The van der Waals surface area contributed by atoms with Gasteiger partial charge in [0.25, 0.3) is 0 Å². The quantitative estimate of drug-likeness (QED) is 0.389. The molecule has 1 aromatic heterocycles. The second-order valence-electron chi connectivity index (χ2n) is 7.54. The summed E-state index contributed by atoms with van der Waals surface area (Å²) in [5.74, 6) is -0.488. The fraction of sp³-hybridized carbons (Fsp3) is 0.250. The zero-order valence-corrected chi connectivity index (χ0v) is 20.4. The third-order valence-corrected chi connectivity index (χ3v) is 6.29. The van der Waals surface area contributed by atoms with Crippen molar-refractivity contribution in [3.05, 3.63) is 96.6 Å². The van der Waals surface area contributed by atoms with Crippen LogP contribution in [0.4, 0.5) is 4.39 Å². The van der Waals surface area contributed by atoms with Crippen LogP contribution in [0.5, 0.6) is 5.75 Å². The topological polar surface area (TPSA) is 77.6 Å². The second-order valence-corrected chi connectivity index (χ2v) is 8.74. The molecule has 0 saturated carbocycles. The molecule has 3 rings (SSSR count). The van der Waals surface area contributed by atoms with Crippen LogP contribution in [-0.2, 0) is 26.2 Å². The maximum absolute atomic E-state index is 13.4. The highest BCUT2D eigenvalue weighted by atomic mass is 79.9. The van der Waals surface area contributed by atoms with E-state index in [4.69, 9.17) is 22.1 Å². The van der Waals surface area contributed by atoms with Gasteiger partial charge < -0.3 is 19.9 Å². The Bertz CT molecular complexity index is 1190. The van der Waals surface area contributed by atoms with Crippen LogP contribution in [0.2, 0.25) is 5.02 Å². The Kier molecular flexibility index (Phi) is 8.80. The molecule has 2 aromatic carbocycles. The molecule has 0 spiro atoms. The van der Waals surface area contributed by atoms with Crippen molar-refractivity contribution in [1.29, 1.82) is 0 Å². The third-order valence-electron chi connectivity index (χ3n) is 5.18. The monoisotopic (exact) mass is 535 g/mol. The molecule has 1 heterocycles. The molecule has 0 saturated heterocycles. The lowest BCUT2D eigenvalue weighted by atomic mass is 10.2. The van der Waals surface area contributed by atoms with Crippen molar-refractivity contribution >= 4 is 33.8 Å². The summed E-state index contributed by atoms with van der Waals surface area (Å²) in [5, 5.41) is 0.0686. The average molecular weight is 537 g/mol. The van der Waals surface area contributed by atoms with Gasteiger partial charge in [-0.3, -0.25) is 9.59 Å². The van der Waals surface area contributed by atoms with Gasteiger partial charge in [-0.1, -0.05) is 48.0 Å². The van der Waals surface area contributed by atoms with Crippen molar-refractivity contribution in [2.24, 2.45) is 5.73 Å². The fourth-order valence-corrected chi connectivity index (χ4v) is 4.23. The number of nitrogens with two attached hydrogens (primary N) is 1. The molecular formula is C24H24BrClFN3O3. The van der Waals surface area contributed by atoms with E-state index in [0.29, 0.717) is 31.6 Å². The lowest BCUT2D eigenvalue weighted by Gasteiger charge is -2.23. The van der Waals surface area contributed by atoms with Gasteiger partial charge in [0.1, 0.15) is 18.1 Å². The largest absolute Gasteiger partial charge is 0.483 e. The highest BCUT2D eigenvalue weighted by Gasteiger charge is 2.21. The van der Waals surface area contributed by atoms with Gasteiger partial charge in [0.05, 0.1) is 15.2 Å². The summed E-state index contributed by atoms with van der Waals surface area (Å²) >= 11 is 9.21. The van der Waals surface area contributed by atoms with Crippen LogP contribution in [0.15, 0.2) is 57.8 Å². The van der Waals surface area contributed by atoms with Crippen LogP contribution in [0.3, 0.4) is 0 Å². The molecule has 174 valence electrons. The summed E-state index contributed by atoms with van der Waals surface area (Å²) in [6.45, 7) is 1.64. The molecule has 0 atom stereocenters. The van der Waals surface area contributed by atoms with Crippen molar-refractivity contribution in [3.8, 4) is 5.75 Å². The summed E-state index contributed by atoms with van der Waals surface area (Å²) in [4.78, 5) is 26.9. The highest BCUT2D eigenvalue weighted by molar-refractivity contribution is 9.10. The number of carbonyl (C=O) groups excluding carboxylic acids is 1. The summed E-state index contributed by atoms with van der Waals surface area (Å²) in [7, 11) is 1.89. The normalized spacial score (nSPS) is 11.1. The minimum absolute atomic E-state index is 0.0223. The highest BCUT2D eigenvalue weighted by Crippen LogP contribution is 2.23. The Hall–Kier alpha value is -2.52. The maximum atomic E-state index is 13.4. The van der Waals surface area contributed by atoms with Gasteiger partial charge in [-0.2, -0.15) is 0 Å². The number of pyridine rings is 1. The molecule has 3 aromatic rings. The first-order valence-corrected chi connectivity index (χ1v) is 11.4. The minimum atomic E-state index is -0.465. The number of benzene rings is 2. The van der Waals surface area contributed by atoms with Gasteiger partial charge in [0.15, 0.2) is 12.0 Å². The van der Waals surface area contributed by atoms with E-state index in [-0.39, 0.29) is 34.1 Å². The zero-order valence-electron chi connectivity index (χ0n) is 18.1. The van der Waals surface area contributed by atoms with Crippen molar-refractivity contribution in [3.63, 3.8) is 0 Å². The summed E-state index contributed by atoms with van der Waals surface area (Å²) in [6, 6.07) is 14.0. The predicted molar refractivity (Wildman–Crippen MR) is 130 cm³/mol. The lowest BCUT2D eigenvalue weighted by molar-refractivity contribution is 0.110. The van der Waals surface area contributed by atoms with Gasteiger partial charge in [-0.05, 0) is 46.2 Å². The number of aromatic nitrogens is 1. The van der Waals surface area contributed by atoms with Crippen molar-refractivity contribution in [1.82, 2.24) is 9.47 Å². The Morgan fingerprint density at radius 1 is 1.21 bits per heavy atom. The number of nitrogens with zero attached hydrogens (tertiary/aromatic N) is 2. The maximum Gasteiger partial charge on any atom is 0.238 e. The van der Waals surface area contributed by atoms with Gasteiger partial charge in [0.2, 0.25) is 5.43 Å². The summed E-state index contributed by atoms with van der Waals surface area (Å²) in [6.07, 6.45) is 0.618. The van der Waals surface area contributed by atoms with Crippen LogP contribution in [0, 0.1) is 5.82 Å². The summed E-state index contributed by atoms with van der Waals surface area (Å²) < 4.78 is 21.2. The number of rotatable bonds is 10. The molecular weight excluding hydrogens is 513 g/mol. The molecule has 0 radical (unpaired) electrons. The molecule has 0 aliphatic rings. The average Bonchev–Trinajstić information content (AvgIpc) is 2.81. The molecule has 0 amide bonds. The third kappa shape index (κ3) is 6.09. The predicted octanol–water partition coefficient (Wildman–Crippen LogP) is 4.39. The van der Waals surface area contributed by atoms with Crippen LogP contribution in [0.1, 0.15) is 27.3 Å². The number of carbonyl (C=O) groups is 1. The second kappa shape index (κ2) is 11.6. The Labute approximate surface area is 204 Å². The van der Waals surface area contributed by atoms with E-state index in [1.807, 2.05) is 42.3 Å². The van der Waals surface area contributed by atoms with Crippen LogP contribution < -0.4 is 15.9 Å². The molecule has 6 nitrogen and oxygen atoms in total. The number of hydrogen-bond donors (Lipinski definition) is 1. The van der Waals surface area contributed by atoms with Crippen LogP contribution in [-0.4, -0.2) is 29.3 Å².